The van der Waals surface area contributed by atoms with Crippen molar-refractivity contribution in [3.05, 3.63) is 64.2 Å². The van der Waals surface area contributed by atoms with Crippen LogP contribution in [-0.4, -0.2) is 48.8 Å². The van der Waals surface area contributed by atoms with Crippen molar-refractivity contribution in [2.75, 3.05) is 32.5 Å². The molecule has 2 rings (SSSR count). The number of rotatable bonds is 8. The van der Waals surface area contributed by atoms with E-state index < -0.39 is 0 Å². The molecule has 0 aliphatic rings. The topological polar surface area (TPSA) is 52.7 Å². The standard InChI is InChI=1S/C24H33N3O2/c1-7-20-8-10-21(11-9-20)14-27(6)23(29)16-26(5)15-22(28)25-24-18(3)12-17(2)13-19(24)4/h8-13H,7,14-16H2,1-6H3,(H,25,28). The number of aryl methyl sites for hydroxylation is 4. The third kappa shape index (κ3) is 6.71. The second-order valence-electron chi connectivity index (χ2n) is 7.91. The predicted octanol–water partition coefficient (Wildman–Crippen LogP) is 3.70. The number of amides is 2. The van der Waals surface area contributed by atoms with Crippen molar-refractivity contribution in [2.45, 2.75) is 40.7 Å². The summed E-state index contributed by atoms with van der Waals surface area (Å²) in [5, 5.41) is 2.98. The summed E-state index contributed by atoms with van der Waals surface area (Å²) in [7, 11) is 3.58. The van der Waals surface area contributed by atoms with E-state index in [9.17, 15) is 9.59 Å². The molecule has 2 amide bonds. The minimum atomic E-state index is -0.117. The van der Waals surface area contributed by atoms with Crippen LogP contribution in [0, 0.1) is 20.8 Å². The van der Waals surface area contributed by atoms with Crippen molar-refractivity contribution in [2.24, 2.45) is 0 Å². The molecule has 0 radical (unpaired) electrons. The van der Waals surface area contributed by atoms with Gasteiger partial charge in [-0.2, -0.15) is 0 Å². The number of nitrogens with zero attached hydrogens (tertiary/aromatic N) is 2. The maximum atomic E-state index is 12.5. The molecule has 0 saturated heterocycles. The van der Waals surface area contributed by atoms with E-state index in [1.165, 1.54) is 11.1 Å². The summed E-state index contributed by atoms with van der Waals surface area (Å²) in [6, 6.07) is 12.4. The van der Waals surface area contributed by atoms with Crippen molar-refractivity contribution in [1.29, 1.82) is 0 Å². The molecule has 2 aromatic carbocycles. The summed E-state index contributed by atoms with van der Waals surface area (Å²) in [5.74, 6) is -0.129. The Morgan fingerprint density at radius 1 is 0.897 bits per heavy atom. The summed E-state index contributed by atoms with van der Waals surface area (Å²) >= 11 is 0. The van der Waals surface area contributed by atoms with Crippen LogP contribution in [0.2, 0.25) is 0 Å². The molecule has 0 bridgehead atoms. The van der Waals surface area contributed by atoms with Crippen molar-refractivity contribution in [1.82, 2.24) is 9.80 Å². The van der Waals surface area contributed by atoms with E-state index in [0.717, 1.165) is 28.8 Å². The van der Waals surface area contributed by atoms with E-state index in [1.807, 2.05) is 20.8 Å². The lowest BCUT2D eigenvalue weighted by atomic mass is 10.1. The first-order valence-corrected chi connectivity index (χ1v) is 10.1. The molecule has 5 heteroatoms. The van der Waals surface area contributed by atoms with E-state index in [4.69, 9.17) is 0 Å². The Balaban J connectivity index is 1.86. The SMILES string of the molecule is CCc1ccc(CN(C)C(=O)CN(C)CC(=O)Nc2c(C)cc(C)cc2C)cc1. The quantitative estimate of drug-likeness (QED) is 0.741. The maximum Gasteiger partial charge on any atom is 0.238 e. The molecule has 0 atom stereocenters. The van der Waals surface area contributed by atoms with Gasteiger partial charge in [0.25, 0.3) is 0 Å². The van der Waals surface area contributed by atoms with Gasteiger partial charge in [-0.1, -0.05) is 48.9 Å². The summed E-state index contributed by atoms with van der Waals surface area (Å²) in [6.07, 6.45) is 1.00. The molecule has 0 aliphatic heterocycles. The minimum Gasteiger partial charge on any atom is -0.340 e. The molecule has 156 valence electrons. The number of carbonyl (C=O) groups excluding carboxylic acids is 2. The van der Waals surface area contributed by atoms with Gasteiger partial charge in [0, 0.05) is 19.3 Å². The summed E-state index contributed by atoms with van der Waals surface area (Å²) in [6.45, 7) is 9.07. The Morgan fingerprint density at radius 2 is 1.45 bits per heavy atom. The van der Waals surface area contributed by atoms with Crippen LogP contribution in [-0.2, 0) is 22.6 Å². The number of anilines is 1. The summed E-state index contributed by atoms with van der Waals surface area (Å²) in [4.78, 5) is 28.4. The van der Waals surface area contributed by atoms with E-state index in [1.54, 1.807) is 23.9 Å². The van der Waals surface area contributed by atoms with E-state index in [-0.39, 0.29) is 24.9 Å². The second kappa shape index (κ2) is 10.2. The molecule has 29 heavy (non-hydrogen) atoms. The molecule has 1 N–H and O–H groups in total. The normalized spacial score (nSPS) is 10.9. The fourth-order valence-electron chi connectivity index (χ4n) is 3.45. The number of hydrogen-bond donors (Lipinski definition) is 1. The highest BCUT2D eigenvalue weighted by molar-refractivity contribution is 5.94. The van der Waals surface area contributed by atoms with E-state index in [2.05, 4.69) is 48.6 Å². The zero-order valence-electron chi connectivity index (χ0n) is 18.5. The lowest BCUT2D eigenvalue weighted by molar-refractivity contribution is -0.131. The molecular weight excluding hydrogens is 362 g/mol. The van der Waals surface area contributed by atoms with Gasteiger partial charge in [-0.3, -0.25) is 14.5 Å². The highest BCUT2D eigenvalue weighted by Crippen LogP contribution is 2.21. The second-order valence-corrected chi connectivity index (χ2v) is 7.91. The molecule has 0 aliphatic carbocycles. The molecular formula is C24H33N3O2. The summed E-state index contributed by atoms with van der Waals surface area (Å²) < 4.78 is 0. The van der Waals surface area contributed by atoms with Gasteiger partial charge in [-0.15, -0.1) is 0 Å². The molecule has 5 nitrogen and oxygen atoms in total. The highest BCUT2D eigenvalue weighted by Gasteiger charge is 2.15. The predicted molar refractivity (Wildman–Crippen MR) is 119 cm³/mol. The fraction of sp³-hybridized carbons (Fsp3) is 0.417. The number of likely N-dealkylation sites (N-methyl/N-ethyl adjacent to an activating group) is 2. The number of hydrogen-bond acceptors (Lipinski definition) is 3. The van der Waals surface area contributed by atoms with Gasteiger partial charge in [0.05, 0.1) is 13.1 Å². The third-order valence-corrected chi connectivity index (χ3v) is 5.04. The van der Waals surface area contributed by atoms with E-state index >= 15 is 0 Å². The van der Waals surface area contributed by atoms with Crippen LogP contribution >= 0.6 is 0 Å². The average molecular weight is 396 g/mol. The Bertz CT molecular complexity index is 836. The maximum absolute atomic E-state index is 12.5. The Kier molecular flexibility index (Phi) is 7.97. The smallest absolute Gasteiger partial charge is 0.238 e. The number of benzene rings is 2. The summed E-state index contributed by atoms with van der Waals surface area (Å²) in [5.41, 5.74) is 6.50. The number of nitrogens with one attached hydrogen (secondary N) is 1. The van der Waals surface area contributed by atoms with Gasteiger partial charge < -0.3 is 10.2 Å². The van der Waals surface area contributed by atoms with Crippen molar-refractivity contribution in [3.8, 4) is 0 Å². The zero-order chi connectivity index (χ0) is 21.6. The molecule has 0 aromatic heterocycles. The molecule has 0 unspecified atom stereocenters. The lowest BCUT2D eigenvalue weighted by Gasteiger charge is -2.22. The van der Waals surface area contributed by atoms with E-state index in [0.29, 0.717) is 6.54 Å². The van der Waals surface area contributed by atoms with Gasteiger partial charge in [0.1, 0.15) is 0 Å². The lowest BCUT2D eigenvalue weighted by Crippen LogP contribution is -2.39. The van der Waals surface area contributed by atoms with Crippen LogP contribution in [0.4, 0.5) is 5.69 Å². The van der Waals surface area contributed by atoms with Gasteiger partial charge in [0.2, 0.25) is 11.8 Å². The molecule has 0 saturated carbocycles. The first kappa shape index (κ1) is 22.6. The van der Waals surface area contributed by atoms with Gasteiger partial charge in [0.15, 0.2) is 0 Å². The van der Waals surface area contributed by atoms with Crippen LogP contribution in [0.3, 0.4) is 0 Å². The first-order valence-electron chi connectivity index (χ1n) is 10.1. The Labute approximate surface area is 174 Å². The average Bonchev–Trinajstić information content (AvgIpc) is 2.65. The monoisotopic (exact) mass is 395 g/mol. The van der Waals surface area contributed by atoms with Crippen LogP contribution in [0.5, 0.6) is 0 Å². The largest absolute Gasteiger partial charge is 0.340 e. The molecule has 0 spiro atoms. The van der Waals surface area contributed by atoms with Crippen LogP contribution in [0.15, 0.2) is 36.4 Å². The van der Waals surface area contributed by atoms with Gasteiger partial charge in [-0.05, 0) is 56.5 Å². The van der Waals surface area contributed by atoms with Crippen LogP contribution in [0.1, 0.15) is 34.7 Å². The fourth-order valence-corrected chi connectivity index (χ4v) is 3.45. The zero-order valence-corrected chi connectivity index (χ0v) is 18.5. The minimum absolute atomic E-state index is 0.0115. The molecule has 0 fully saturated rings. The first-order chi connectivity index (χ1) is 13.7. The third-order valence-electron chi connectivity index (χ3n) is 5.04. The van der Waals surface area contributed by atoms with Crippen LogP contribution < -0.4 is 5.32 Å². The van der Waals surface area contributed by atoms with Crippen molar-refractivity contribution >= 4 is 17.5 Å². The highest BCUT2D eigenvalue weighted by atomic mass is 16.2. The van der Waals surface area contributed by atoms with Crippen molar-refractivity contribution in [3.63, 3.8) is 0 Å². The Hall–Kier alpha value is -2.66. The molecule has 2 aromatic rings. The number of carbonyl (C=O) groups is 2. The van der Waals surface area contributed by atoms with Crippen molar-refractivity contribution < 1.29 is 9.59 Å². The van der Waals surface area contributed by atoms with Gasteiger partial charge >= 0.3 is 0 Å². The molecule has 0 heterocycles. The Morgan fingerprint density at radius 3 is 2.00 bits per heavy atom. The van der Waals surface area contributed by atoms with Crippen LogP contribution in [0.25, 0.3) is 0 Å². The van der Waals surface area contributed by atoms with Gasteiger partial charge in [-0.25, -0.2) is 0 Å².